The highest BCUT2D eigenvalue weighted by Gasteiger charge is 2.61. The number of carbonyl (C=O) groups is 1. The van der Waals surface area contributed by atoms with Crippen LogP contribution in [0, 0.1) is 0 Å². The zero-order valence-electron chi connectivity index (χ0n) is 15.8. The number of hydrogen-bond acceptors (Lipinski definition) is 4. The molecule has 0 aliphatic rings. The normalized spacial score (nSPS) is 15.3. The summed E-state index contributed by atoms with van der Waals surface area (Å²) in [7, 11) is 0. The van der Waals surface area contributed by atoms with Crippen LogP contribution >= 0.6 is 0 Å². The molecule has 1 aromatic rings. The Morgan fingerprint density at radius 1 is 1.04 bits per heavy atom. The lowest BCUT2D eigenvalue weighted by Crippen LogP contribution is -2.61. The van der Waals surface area contributed by atoms with Crippen molar-refractivity contribution in [3.8, 4) is 5.75 Å². The van der Waals surface area contributed by atoms with Crippen molar-refractivity contribution in [3.63, 3.8) is 0 Å². The third-order valence-corrected chi connectivity index (χ3v) is 4.34. The molecule has 0 bridgehead atoms. The molecule has 0 heterocycles. The lowest BCUT2D eigenvalue weighted by molar-refractivity contribution is -0.328. The van der Waals surface area contributed by atoms with E-state index in [2.05, 4.69) is 6.58 Å². The second-order valence-electron chi connectivity index (χ2n) is 7.39. The van der Waals surface area contributed by atoms with Crippen LogP contribution in [0.3, 0.4) is 0 Å². The van der Waals surface area contributed by atoms with E-state index in [4.69, 9.17) is 9.47 Å². The van der Waals surface area contributed by atoms with E-state index in [9.17, 15) is 23.1 Å². The Morgan fingerprint density at radius 3 is 1.88 bits per heavy atom. The zero-order chi connectivity index (χ0) is 20.6. The number of aliphatic hydroxyl groups is 1. The molecular weight excluding hydrogens is 349 g/mol. The summed E-state index contributed by atoms with van der Waals surface area (Å²) >= 11 is 0. The fourth-order valence-corrected chi connectivity index (χ4v) is 2.26. The molecule has 1 atom stereocenters. The number of benzene rings is 1. The third-order valence-electron chi connectivity index (χ3n) is 4.34. The zero-order valence-corrected chi connectivity index (χ0v) is 15.8. The van der Waals surface area contributed by atoms with Crippen molar-refractivity contribution < 1.29 is 32.5 Å². The van der Waals surface area contributed by atoms with Crippen molar-refractivity contribution >= 4 is 5.97 Å². The van der Waals surface area contributed by atoms with Crippen LogP contribution in [-0.2, 0) is 15.1 Å². The Morgan fingerprint density at radius 2 is 1.50 bits per heavy atom. The summed E-state index contributed by atoms with van der Waals surface area (Å²) in [4.78, 5) is 11.5. The van der Waals surface area contributed by atoms with Crippen LogP contribution in [0.15, 0.2) is 36.4 Å². The first-order valence-electron chi connectivity index (χ1n) is 7.99. The number of carbonyl (C=O) groups excluding carboxylic acids is 1. The molecule has 1 N–H and O–H groups in total. The van der Waals surface area contributed by atoms with E-state index in [-0.39, 0.29) is 11.3 Å². The van der Waals surface area contributed by atoms with Crippen molar-refractivity contribution in [1.82, 2.24) is 0 Å². The van der Waals surface area contributed by atoms with Crippen LogP contribution in [0.1, 0.15) is 47.1 Å². The molecule has 0 aliphatic carbocycles. The van der Waals surface area contributed by atoms with Crippen LogP contribution in [0.25, 0.3) is 0 Å². The highest BCUT2D eigenvalue weighted by molar-refractivity contribution is 5.88. The summed E-state index contributed by atoms with van der Waals surface area (Å²) in [5.74, 6) is -0.297. The summed E-state index contributed by atoms with van der Waals surface area (Å²) < 4.78 is 50.2. The number of rotatable bonds is 6. The van der Waals surface area contributed by atoms with Gasteiger partial charge in [0.1, 0.15) is 11.4 Å². The van der Waals surface area contributed by atoms with E-state index >= 15 is 0 Å². The van der Waals surface area contributed by atoms with E-state index in [0.717, 1.165) is 0 Å². The van der Waals surface area contributed by atoms with Gasteiger partial charge in [0.15, 0.2) is 5.60 Å². The van der Waals surface area contributed by atoms with E-state index in [0.29, 0.717) is 12.5 Å². The molecule has 0 spiro atoms. The van der Waals surface area contributed by atoms with Gasteiger partial charge in [-0.3, -0.25) is 0 Å². The molecule has 146 valence electrons. The quantitative estimate of drug-likeness (QED) is 0.452. The van der Waals surface area contributed by atoms with Gasteiger partial charge in [-0.1, -0.05) is 18.7 Å². The Kier molecular flexibility index (Phi) is 6.01. The van der Waals surface area contributed by atoms with Crippen LogP contribution in [0.5, 0.6) is 5.75 Å². The molecule has 0 saturated heterocycles. The third kappa shape index (κ3) is 4.65. The topological polar surface area (TPSA) is 55.8 Å². The monoisotopic (exact) mass is 374 g/mol. The Hall–Kier alpha value is -1.86. The van der Waals surface area contributed by atoms with E-state index < -0.39 is 28.9 Å². The first-order valence-corrected chi connectivity index (χ1v) is 7.99. The van der Waals surface area contributed by atoms with Gasteiger partial charge in [-0.25, -0.2) is 4.79 Å². The number of esters is 1. The Bertz CT molecular complexity index is 671. The van der Waals surface area contributed by atoms with Gasteiger partial charge in [0.05, 0.1) is 5.60 Å². The minimum Gasteiger partial charge on any atom is -0.423 e. The van der Waals surface area contributed by atoms with Crippen LogP contribution in [0.2, 0.25) is 0 Å². The summed E-state index contributed by atoms with van der Waals surface area (Å²) in [6.07, 6.45) is -4.85. The molecule has 0 radical (unpaired) electrons. The average molecular weight is 374 g/mol. The average Bonchev–Trinajstić information content (AvgIpc) is 2.45. The molecule has 1 unspecified atom stereocenters. The van der Waals surface area contributed by atoms with Crippen molar-refractivity contribution in [2.24, 2.45) is 0 Å². The molecule has 7 heteroatoms. The number of alkyl halides is 3. The maximum Gasteiger partial charge on any atom is 0.419 e. The van der Waals surface area contributed by atoms with Crippen LogP contribution in [-0.4, -0.2) is 28.5 Å². The van der Waals surface area contributed by atoms with Gasteiger partial charge in [0.2, 0.25) is 0 Å². The minimum atomic E-state index is -4.85. The molecular formula is C19H25F3O4. The largest absolute Gasteiger partial charge is 0.423 e. The minimum absolute atomic E-state index is 0.244. The highest BCUT2D eigenvalue weighted by Crippen LogP contribution is 2.43. The standard InChI is InChI=1S/C19H25F3O4/c1-12(2)15(23)25-14-10-8-13(9-11-14)16(3,4)26-17(5,6)18(7,24)19(20,21)22/h8-11,24H,1H2,2-7H3. The van der Waals surface area contributed by atoms with Gasteiger partial charge in [-0.05, 0) is 59.2 Å². The second kappa shape index (κ2) is 7.04. The summed E-state index contributed by atoms with van der Waals surface area (Å²) in [5, 5.41) is 9.97. The summed E-state index contributed by atoms with van der Waals surface area (Å²) in [5.41, 5.74) is -5.31. The van der Waals surface area contributed by atoms with Crippen molar-refractivity contribution in [3.05, 3.63) is 42.0 Å². The first kappa shape index (κ1) is 22.2. The van der Waals surface area contributed by atoms with Gasteiger partial charge in [0, 0.05) is 5.57 Å². The van der Waals surface area contributed by atoms with Crippen molar-refractivity contribution in [2.45, 2.75) is 64.5 Å². The van der Waals surface area contributed by atoms with E-state index in [1.165, 1.54) is 32.9 Å². The van der Waals surface area contributed by atoms with Crippen molar-refractivity contribution in [2.75, 3.05) is 0 Å². The van der Waals surface area contributed by atoms with Crippen molar-refractivity contribution in [1.29, 1.82) is 0 Å². The highest BCUT2D eigenvalue weighted by atomic mass is 19.4. The number of halogens is 3. The fraction of sp³-hybridized carbons (Fsp3) is 0.526. The summed E-state index contributed by atoms with van der Waals surface area (Å²) in [6, 6.07) is 6.19. The van der Waals surface area contributed by atoms with Gasteiger partial charge in [-0.15, -0.1) is 0 Å². The maximum atomic E-state index is 13.2. The molecule has 26 heavy (non-hydrogen) atoms. The number of ether oxygens (including phenoxy) is 2. The molecule has 0 saturated carbocycles. The van der Waals surface area contributed by atoms with Gasteiger partial charge < -0.3 is 14.6 Å². The molecule has 0 fully saturated rings. The second-order valence-corrected chi connectivity index (χ2v) is 7.39. The Balaban J connectivity index is 3.04. The van der Waals surface area contributed by atoms with Crippen LogP contribution < -0.4 is 4.74 Å². The molecule has 1 aromatic carbocycles. The molecule has 0 aromatic heterocycles. The van der Waals surface area contributed by atoms with Gasteiger partial charge >= 0.3 is 12.1 Å². The molecule has 4 nitrogen and oxygen atoms in total. The smallest absolute Gasteiger partial charge is 0.419 e. The Labute approximate surface area is 151 Å². The van der Waals surface area contributed by atoms with E-state index in [1.807, 2.05) is 0 Å². The first-order chi connectivity index (χ1) is 11.5. The predicted octanol–water partition coefficient (Wildman–Crippen LogP) is 4.51. The number of hydrogen-bond donors (Lipinski definition) is 1. The fourth-order valence-electron chi connectivity index (χ4n) is 2.26. The molecule has 0 amide bonds. The van der Waals surface area contributed by atoms with Gasteiger partial charge in [-0.2, -0.15) is 13.2 Å². The SMILES string of the molecule is C=C(C)C(=O)Oc1ccc(C(C)(C)OC(C)(C)C(C)(O)C(F)(F)F)cc1. The maximum absolute atomic E-state index is 13.2. The molecule has 0 aliphatic heterocycles. The van der Waals surface area contributed by atoms with Crippen LogP contribution in [0.4, 0.5) is 13.2 Å². The predicted molar refractivity (Wildman–Crippen MR) is 91.8 cm³/mol. The molecule has 1 rings (SSSR count). The summed E-state index contributed by atoms with van der Waals surface area (Å²) in [6.45, 7) is 11.2. The lowest BCUT2D eigenvalue weighted by Gasteiger charge is -2.45. The van der Waals surface area contributed by atoms with Gasteiger partial charge in [0.25, 0.3) is 0 Å². The lowest BCUT2D eigenvalue weighted by atomic mass is 9.85. The van der Waals surface area contributed by atoms with E-state index in [1.54, 1.807) is 26.0 Å².